The Labute approximate surface area is 168 Å². The number of nitrogens with zero attached hydrogens (tertiary/aromatic N) is 3. The molecule has 1 saturated carbocycles. The van der Waals surface area contributed by atoms with Crippen LogP contribution in [0.15, 0.2) is 35.0 Å². The smallest absolute Gasteiger partial charge is 0.258 e. The van der Waals surface area contributed by atoms with Crippen LogP contribution in [0, 0.1) is 12.7 Å². The lowest BCUT2D eigenvalue weighted by molar-refractivity contribution is 0.0790. The molecule has 1 saturated heterocycles. The van der Waals surface area contributed by atoms with E-state index in [1.54, 1.807) is 19.1 Å². The molecule has 150 valence electrons. The molecule has 0 radical (unpaired) electrons. The van der Waals surface area contributed by atoms with Crippen molar-refractivity contribution in [3.8, 4) is 0 Å². The van der Waals surface area contributed by atoms with Gasteiger partial charge < -0.3 is 14.6 Å². The molecule has 29 heavy (non-hydrogen) atoms. The van der Waals surface area contributed by atoms with Crippen molar-refractivity contribution in [2.45, 2.75) is 44.6 Å². The predicted molar refractivity (Wildman–Crippen MR) is 107 cm³/mol. The maximum atomic E-state index is 13.4. The zero-order chi connectivity index (χ0) is 20.2. The quantitative estimate of drug-likeness (QED) is 0.716. The fraction of sp³-hybridized carbons (Fsp3) is 0.409. The average molecular weight is 394 g/mol. The summed E-state index contributed by atoms with van der Waals surface area (Å²) in [5.74, 6) is 1.11. The summed E-state index contributed by atoms with van der Waals surface area (Å²) in [7, 11) is 0. The zero-order valence-corrected chi connectivity index (χ0v) is 16.5. The van der Waals surface area contributed by atoms with Crippen molar-refractivity contribution in [2.24, 2.45) is 0 Å². The van der Waals surface area contributed by atoms with Gasteiger partial charge in [-0.15, -0.1) is 0 Å². The Morgan fingerprint density at radius 3 is 2.76 bits per heavy atom. The first-order chi connectivity index (χ1) is 13.9. The van der Waals surface area contributed by atoms with Crippen molar-refractivity contribution in [1.29, 1.82) is 0 Å². The molecule has 3 heterocycles. The molecule has 2 aromatic heterocycles. The number of rotatable bonds is 4. The van der Waals surface area contributed by atoms with Crippen molar-refractivity contribution < 1.29 is 13.6 Å². The molecule has 2 aliphatic rings. The number of amides is 1. The van der Waals surface area contributed by atoms with Gasteiger partial charge in [0.2, 0.25) is 5.71 Å². The number of carbonyl (C=O) groups excluding carboxylic acids is 1. The summed E-state index contributed by atoms with van der Waals surface area (Å²) >= 11 is 0. The lowest BCUT2D eigenvalue weighted by Gasteiger charge is -2.18. The maximum Gasteiger partial charge on any atom is 0.258 e. The van der Waals surface area contributed by atoms with E-state index in [-0.39, 0.29) is 23.2 Å². The average Bonchev–Trinajstić information content (AvgIpc) is 3.11. The molecule has 1 aliphatic carbocycles. The molecule has 1 atom stereocenters. The molecule has 1 aromatic carbocycles. The van der Waals surface area contributed by atoms with Gasteiger partial charge in [-0.25, -0.2) is 14.4 Å². The summed E-state index contributed by atoms with van der Waals surface area (Å²) in [5.41, 5.74) is 2.05. The van der Waals surface area contributed by atoms with Crippen molar-refractivity contribution in [1.82, 2.24) is 14.9 Å². The number of hydrogen-bond acceptors (Lipinski definition) is 5. The molecular weight excluding hydrogens is 371 g/mol. The van der Waals surface area contributed by atoms with E-state index in [0.29, 0.717) is 41.3 Å². The number of aryl methyl sites for hydroxylation is 1. The van der Waals surface area contributed by atoms with Crippen LogP contribution in [-0.2, 0) is 0 Å². The predicted octanol–water partition coefficient (Wildman–Crippen LogP) is 4.26. The minimum absolute atomic E-state index is 0.0219. The van der Waals surface area contributed by atoms with Crippen LogP contribution in [0.25, 0.3) is 11.1 Å². The fourth-order valence-corrected chi connectivity index (χ4v) is 4.10. The van der Waals surface area contributed by atoms with Crippen LogP contribution in [-0.4, -0.2) is 39.4 Å². The molecule has 1 aliphatic heterocycles. The number of likely N-dealkylation sites (tertiary alicyclic amines) is 1. The van der Waals surface area contributed by atoms with E-state index in [0.717, 1.165) is 24.8 Å². The first-order valence-electron chi connectivity index (χ1n) is 10.0. The number of benzene rings is 1. The number of anilines is 1. The van der Waals surface area contributed by atoms with Gasteiger partial charge in [-0.2, -0.15) is 0 Å². The van der Waals surface area contributed by atoms with Gasteiger partial charge >= 0.3 is 0 Å². The Kier molecular flexibility index (Phi) is 4.08. The van der Waals surface area contributed by atoms with E-state index < -0.39 is 0 Å². The largest absolute Gasteiger partial charge is 0.442 e. The van der Waals surface area contributed by atoms with Gasteiger partial charge in [0.1, 0.15) is 23.7 Å². The van der Waals surface area contributed by atoms with Gasteiger partial charge in [0.15, 0.2) is 0 Å². The summed E-state index contributed by atoms with van der Waals surface area (Å²) in [6.07, 6.45) is 4.47. The number of halogens is 1. The molecular formula is C22H23FN4O2. The Morgan fingerprint density at radius 2 is 2.03 bits per heavy atom. The monoisotopic (exact) mass is 394 g/mol. The third kappa shape index (κ3) is 3.24. The zero-order valence-electron chi connectivity index (χ0n) is 16.5. The second kappa shape index (κ2) is 6.54. The maximum absolute atomic E-state index is 13.4. The molecule has 5 rings (SSSR count). The van der Waals surface area contributed by atoms with Crippen LogP contribution in [0.1, 0.15) is 53.8 Å². The minimum Gasteiger partial charge on any atom is -0.442 e. The second-order valence-corrected chi connectivity index (χ2v) is 8.41. The molecule has 0 bridgehead atoms. The third-order valence-electron chi connectivity index (χ3n) is 6.12. The highest BCUT2D eigenvalue weighted by molar-refractivity contribution is 6.10. The van der Waals surface area contributed by atoms with Crippen LogP contribution < -0.4 is 5.32 Å². The summed E-state index contributed by atoms with van der Waals surface area (Å²) in [5, 5.41) is 4.12. The molecule has 1 amide bonds. The van der Waals surface area contributed by atoms with Crippen molar-refractivity contribution in [2.75, 3.05) is 18.4 Å². The van der Waals surface area contributed by atoms with E-state index in [1.165, 1.54) is 18.5 Å². The number of nitrogens with one attached hydrogen (secondary N) is 1. The van der Waals surface area contributed by atoms with Crippen LogP contribution >= 0.6 is 0 Å². The van der Waals surface area contributed by atoms with Gasteiger partial charge in [0.25, 0.3) is 5.91 Å². The SMILES string of the molecule is Cc1oc2ncnc(NC3(C)CC3)c2c1C(=O)N1CCC(c2ccc(F)cc2)C1. The first kappa shape index (κ1) is 18.1. The van der Waals surface area contributed by atoms with Gasteiger partial charge in [-0.05, 0) is 50.8 Å². The van der Waals surface area contributed by atoms with Crippen LogP contribution in [0.3, 0.4) is 0 Å². The summed E-state index contributed by atoms with van der Waals surface area (Å²) in [4.78, 5) is 23.9. The first-order valence-corrected chi connectivity index (χ1v) is 10.0. The number of carbonyl (C=O) groups is 1. The van der Waals surface area contributed by atoms with Gasteiger partial charge in [0.05, 0.1) is 10.9 Å². The Balaban J connectivity index is 1.45. The van der Waals surface area contributed by atoms with E-state index in [1.807, 2.05) is 4.90 Å². The van der Waals surface area contributed by atoms with Gasteiger partial charge in [0, 0.05) is 24.5 Å². The lowest BCUT2D eigenvalue weighted by Crippen LogP contribution is -2.29. The lowest BCUT2D eigenvalue weighted by atomic mass is 9.98. The highest BCUT2D eigenvalue weighted by Gasteiger charge is 2.39. The van der Waals surface area contributed by atoms with E-state index in [4.69, 9.17) is 4.42 Å². The Bertz CT molecular complexity index is 1090. The number of aromatic nitrogens is 2. The van der Waals surface area contributed by atoms with E-state index in [2.05, 4.69) is 22.2 Å². The molecule has 7 heteroatoms. The molecule has 6 nitrogen and oxygen atoms in total. The highest BCUT2D eigenvalue weighted by atomic mass is 19.1. The minimum atomic E-state index is -0.246. The standard InChI is InChI=1S/C22H23FN4O2/c1-13-17(18-19(26-22(2)8-9-22)24-12-25-20(18)29-13)21(28)27-10-7-15(11-27)14-3-5-16(23)6-4-14/h3-6,12,15H,7-11H2,1-2H3,(H,24,25,26). The molecule has 2 fully saturated rings. The molecule has 1 N–H and O–H groups in total. The number of hydrogen-bond donors (Lipinski definition) is 1. The number of fused-ring (bicyclic) bond motifs is 1. The van der Waals surface area contributed by atoms with E-state index in [9.17, 15) is 9.18 Å². The van der Waals surface area contributed by atoms with Crippen LogP contribution in [0.5, 0.6) is 0 Å². The van der Waals surface area contributed by atoms with Gasteiger partial charge in [-0.3, -0.25) is 4.79 Å². The Morgan fingerprint density at radius 1 is 1.28 bits per heavy atom. The fourth-order valence-electron chi connectivity index (χ4n) is 4.10. The van der Waals surface area contributed by atoms with Gasteiger partial charge in [-0.1, -0.05) is 12.1 Å². The summed E-state index contributed by atoms with van der Waals surface area (Å²) in [6.45, 7) is 5.19. The molecule has 1 unspecified atom stereocenters. The van der Waals surface area contributed by atoms with Crippen LogP contribution in [0.4, 0.5) is 10.2 Å². The third-order valence-corrected chi connectivity index (χ3v) is 6.12. The van der Waals surface area contributed by atoms with Crippen molar-refractivity contribution >= 4 is 22.8 Å². The van der Waals surface area contributed by atoms with Crippen LogP contribution in [0.2, 0.25) is 0 Å². The van der Waals surface area contributed by atoms with Crippen molar-refractivity contribution in [3.63, 3.8) is 0 Å². The second-order valence-electron chi connectivity index (χ2n) is 8.41. The van der Waals surface area contributed by atoms with Crippen molar-refractivity contribution in [3.05, 3.63) is 53.3 Å². The van der Waals surface area contributed by atoms with E-state index >= 15 is 0 Å². The molecule has 3 aromatic rings. The normalized spacial score (nSPS) is 20.2. The molecule has 0 spiro atoms. The highest BCUT2D eigenvalue weighted by Crippen LogP contribution is 2.40. The summed E-state index contributed by atoms with van der Waals surface area (Å²) < 4.78 is 19.0. The summed E-state index contributed by atoms with van der Waals surface area (Å²) in [6, 6.07) is 6.56. The number of furan rings is 1. The Hall–Kier alpha value is -2.96. The topological polar surface area (TPSA) is 71.3 Å².